The van der Waals surface area contributed by atoms with E-state index in [1.165, 1.54) is 6.33 Å². The number of benzene rings is 2. The van der Waals surface area contributed by atoms with Crippen LogP contribution in [0, 0.1) is 0 Å². The van der Waals surface area contributed by atoms with Crippen molar-refractivity contribution in [3.63, 3.8) is 0 Å². The normalized spacial score (nSPS) is 15.9. The summed E-state index contributed by atoms with van der Waals surface area (Å²) in [5, 5.41) is 5.24. The van der Waals surface area contributed by atoms with Crippen LogP contribution in [-0.4, -0.2) is 29.2 Å². The van der Waals surface area contributed by atoms with E-state index in [0.717, 1.165) is 30.8 Å². The number of nitrogens with one attached hydrogen (secondary N) is 2. The summed E-state index contributed by atoms with van der Waals surface area (Å²) < 4.78 is 5.65. The Labute approximate surface area is 164 Å². The third-order valence-electron chi connectivity index (χ3n) is 4.65. The van der Waals surface area contributed by atoms with E-state index in [4.69, 9.17) is 10.5 Å². The fourth-order valence-electron chi connectivity index (χ4n) is 3.18. The summed E-state index contributed by atoms with van der Waals surface area (Å²) in [5.41, 5.74) is 12.1. The highest BCUT2D eigenvalue weighted by Crippen LogP contribution is 2.29. The summed E-state index contributed by atoms with van der Waals surface area (Å²) in [4.78, 5) is 8.64. The second-order valence-electron chi connectivity index (χ2n) is 6.62. The molecular weight excluding hydrogens is 352 g/mol. The molecule has 0 radical (unpaired) electrons. The summed E-state index contributed by atoms with van der Waals surface area (Å²) in [7, 11) is 0. The smallest absolute Gasteiger partial charge is 0.173 e. The van der Waals surface area contributed by atoms with Gasteiger partial charge in [-0.3, -0.25) is 10.4 Å². The number of para-hydroxylation sites is 2. The molecule has 1 aromatic heterocycles. The molecule has 7 nitrogen and oxygen atoms in total. The van der Waals surface area contributed by atoms with Gasteiger partial charge < -0.3 is 15.8 Å². The molecule has 2 heterocycles. The van der Waals surface area contributed by atoms with Gasteiger partial charge in [0.2, 0.25) is 0 Å². The first-order chi connectivity index (χ1) is 13.8. The van der Waals surface area contributed by atoms with Crippen molar-refractivity contribution in [3.05, 3.63) is 67.0 Å². The largest absolute Gasteiger partial charge is 0.393 e. The predicted octanol–water partition coefficient (Wildman–Crippen LogP) is 3.81. The van der Waals surface area contributed by atoms with Crippen molar-refractivity contribution in [2.24, 2.45) is 0 Å². The number of nitrogens with two attached hydrogens (primary N) is 1. The van der Waals surface area contributed by atoms with Gasteiger partial charge in [-0.2, -0.15) is 0 Å². The summed E-state index contributed by atoms with van der Waals surface area (Å²) in [6.45, 7) is 1.50. The molecule has 1 fully saturated rings. The van der Waals surface area contributed by atoms with Crippen molar-refractivity contribution in [1.82, 2.24) is 9.97 Å². The van der Waals surface area contributed by atoms with E-state index in [2.05, 4.69) is 20.7 Å². The Morgan fingerprint density at radius 3 is 2.21 bits per heavy atom. The van der Waals surface area contributed by atoms with E-state index in [-0.39, 0.29) is 6.10 Å². The lowest BCUT2D eigenvalue weighted by atomic mass is 10.2. The van der Waals surface area contributed by atoms with E-state index in [0.29, 0.717) is 23.9 Å². The maximum atomic E-state index is 6.36. The highest BCUT2D eigenvalue weighted by molar-refractivity contribution is 5.77. The minimum Gasteiger partial charge on any atom is -0.393 e. The lowest BCUT2D eigenvalue weighted by Gasteiger charge is -2.27. The first kappa shape index (κ1) is 18.1. The van der Waals surface area contributed by atoms with Crippen molar-refractivity contribution in [3.8, 4) is 0 Å². The maximum absolute atomic E-state index is 6.36. The van der Waals surface area contributed by atoms with Crippen LogP contribution in [0.4, 0.5) is 28.7 Å². The van der Waals surface area contributed by atoms with Gasteiger partial charge in [0.15, 0.2) is 11.6 Å². The van der Waals surface area contributed by atoms with Gasteiger partial charge in [-0.05, 0) is 37.1 Å². The highest BCUT2D eigenvalue weighted by Gasteiger charge is 2.17. The van der Waals surface area contributed by atoms with Gasteiger partial charge in [-0.25, -0.2) is 9.97 Å². The number of ether oxygens (including phenoxy) is 1. The molecule has 2 aromatic carbocycles. The van der Waals surface area contributed by atoms with Crippen LogP contribution in [0.2, 0.25) is 0 Å². The number of nitrogens with zero attached hydrogens (tertiary/aromatic N) is 3. The van der Waals surface area contributed by atoms with Gasteiger partial charge in [-0.15, -0.1) is 0 Å². The summed E-state index contributed by atoms with van der Waals surface area (Å²) >= 11 is 0. The third kappa shape index (κ3) is 4.15. The Morgan fingerprint density at radius 1 is 0.964 bits per heavy atom. The number of aromatic nitrogens is 2. The van der Waals surface area contributed by atoms with Crippen LogP contribution in [0.15, 0.2) is 67.0 Å². The average Bonchev–Trinajstić information content (AvgIpc) is 3.27. The average molecular weight is 376 g/mol. The van der Waals surface area contributed by atoms with Crippen LogP contribution in [0.1, 0.15) is 12.8 Å². The molecule has 144 valence electrons. The Morgan fingerprint density at radius 2 is 1.61 bits per heavy atom. The highest BCUT2D eigenvalue weighted by atomic mass is 16.5. The number of rotatable bonds is 7. The van der Waals surface area contributed by atoms with Crippen LogP contribution in [0.3, 0.4) is 0 Å². The van der Waals surface area contributed by atoms with Gasteiger partial charge in [0, 0.05) is 13.2 Å². The monoisotopic (exact) mass is 376 g/mol. The van der Waals surface area contributed by atoms with E-state index >= 15 is 0 Å². The van der Waals surface area contributed by atoms with Crippen molar-refractivity contribution in [2.75, 3.05) is 34.6 Å². The van der Waals surface area contributed by atoms with Gasteiger partial charge in [-0.1, -0.05) is 36.4 Å². The van der Waals surface area contributed by atoms with Crippen molar-refractivity contribution in [2.45, 2.75) is 18.9 Å². The standard InChI is InChI=1S/C21H24N6O/c22-19-20(23-14-18-12-7-13-28-18)24-15-25-21(19)26-27(16-8-3-1-4-9-16)17-10-5-2-6-11-17/h1-6,8-11,15,18H,7,12-14,22H2,(H2,23,24,25,26). The topological polar surface area (TPSA) is 88.3 Å². The zero-order valence-electron chi connectivity index (χ0n) is 15.6. The Bertz CT molecular complexity index is 844. The molecule has 3 aromatic rings. The zero-order valence-corrected chi connectivity index (χ0v) is 15.6. The van der Waals surface area contributed by atoms with Gasteiger partial charge in [0.25, 0.3) is 0 Å². The SMILES string of the molecule is Nc1c(NCC2CCCO2)ncnc1NN(c1ccccc1)c1ccccc1. The van der Waals surface area contributed by atoms with Crippen LogP contribution >= 0.6 is 0 Å². The molecule has 4 N–H and O–H groups in total. The lowest BCUT2D eigenvalue weighted by molar-refractivity contribution is 0.120. The summed E-state index contributed by atoms with van der Waals surface area (Å²) in [6.07, 6.45) is 3.86. The first-order valence-corrected chi connectivity index (χ1v) is 9.44. The quantitative estimate of drug-likeness (QED) is 0.540. The molecule has 1 aliphatic rings. The zero-order chi connectivity index (χ0) is 19.2. The van der Waals surface area contributed by atoms with Crippen LogP contribution < -0.4 is 21.5 Å². The number of nitrogen functional groups attached to an aromatic ring is 1. The molecule has 4 rings (SSSR count). The summed E-state index contributed by atoms with van der Waals surface area (Å²) in [5.74, 6) is 1.15. The molecule has 28 heavy (non-hydrogen) atoms. The van der Waals surface area contributed by atoms with Crippen LogP contribution in [0.25, 0.3) is 0 Å². The fraction of sp³-hybridized carbons (Fsp3) is 0.238. The molecule has 0 bridgehead atoms. The molecule has 1 saturated heterocycles. The molecule has 0 spiro atoms. The fourth-order valence-corrected chi connectivity index (χ4v) is 3.18. The molecule has 7 heteroatoms. The molecule has 1 aliphatic heterocycles. The van der Waals surface area contributed by atoms with E-state index in [1.54, 1.807) is 0 Å². The van der Waals surface area contributed by atoms with Crippen LogP contribution in [0.5, 0.6) is 0 Å². The van der Waals surface area contributed by atoms with E-state index in [9.17, 15) is 0 Å². The second kappa shape index (κ2) is 8.58. The Kier molecular flexibility index (Phi) is 5.53. The number of anilines is 5. The van der Waals surface area contributed by atoms with Crippen molar-refractivity contribution in [1.29, 1.82) is 0 Å². The van der Waals surface area contributed by atoms with E-state index in [1.807, 2.05) is 65.7 Å². The van der Waals surface area contributed by atoms with Gasteiger partial charge in [0.05, 0.1) is 17.5 Å². The van der Waals surface area contributed by atoms with Gasteiger partial charge >= 0.3 is 0 Å². The molecule has 0 saturated carbocycles. The molecule has 1 atom stereocenters. The van der Waals surface area contributed by atoms with E-state index < -0.39 is 0 Å². The molecule has 0 aliphatic carbocycles. The number of hydrazine groups is 1. The minimum absolute atomic E-state index is 0.205. The summed E-state index contributed by atoms with van der Waals surface area (Å²) in [6, 6.07) is 20.0. The van der Waals surface area contributed by atoms with Crippen LogP contribution in [-0.2, 0) is 4.74 Å². The Balaban J connectivity index is 1.57. The van der Waals surface area contributed by atoms with Crippen molar-refractivity contribution >= 4 is 28.7 Å². The minimum atomic E-state index is 0.205. The second-order valence-corrected chi connectivity index (χ2v) is 6.62. The van der Waals surface area contributed by atoms with Crippen molar-refractivity contribution < 1.29 is 4.74 Å². The first-order valence-electron chi connectivity index (χ1n) is 9.44. The lowest BCUT2D eigenvalue weighted by Crippen LogP contribution is -2.26. The Hall–Kier alpha value is -3.32. The number of hydrogen-bond donors (Lipinski definition) is 3. The number of hydrogen-bond acceptors (Lipinski definition) is 7. The molecule has 0 amide bonds. The molecule has 1 unspecified atom stereocenters. The maximum Gasteiger partial charge on any atom is 0.173 e. The molecular formula is C21H24N6O. The van der Waals surface area contributed by atoms with Gasteiger partial charge in [0.1, 0.15) is 12.0 Å². The predicted molar refractivity (Wildman–Crippen MR) is 113 cm³/mol. The third-order valence-corrected chi connectivity index (χ3v) is 4.65.